The molecule has 21 heavy (non-hydrogen) atoms. The van der Waals surface area contributed by atoms with Crippen LogP contribution in [0.2, 0.25) is 0 Å². The van der Waals surface area contributed by atoms with Gasteiger partial charge in [0.1, 0.15) is 6.61 Å². The zero-order valence-electron chi connectivity index (χ0n) is 11.6. The maximum absolute atomic E-state index is 5.74. The molecule has 4 nitrogen and oxygen atoms in total. The molecule has 0 fully saturated rings. The highest BCUT2D eigenvalue weighted by Gasteiger charge is 1.88. The van der Waals surface area contributed by atoms with Gasteiger partial charge in [-0.05, 0) is 35.9 Å². The second kappa shape index (κ2) is 8.32. The minimum Gasteiger partial charge on any atom is -0.475 e. The van der Waals surface area contributed by atoms with E-state index in [0.29, 0.717) is 12.5 Å². The smallest absolute Gasteiger partial charge is 0.184 e. The van der Waals surface area contributed by atoms with Gasteiger partial charge < -0.3 is 10.5 Å². The lowest BCUT2D eigenvalue weighted by Crippen LogP contribution is -2.02. The van der Waals surface area contributed by atoms with Crippen LogP contribution in [0.5, 0.6) is 0 Å². The fourth-order valence-corrected chi connectivity index (χ4v) is 1.58. The van der Waals surface area contributed by atoms with Crippen molar-refractivity contribution in [3.63, 3.8) is 0 Å². The van der Waals surface area contributed by atoms with E-state index in [1.165, 1.54) is 0 Å². The molecular weight excluding hydrogens is 262 g/mol. The molecule has 106 valence electrons. The lowest BCUT2D eigenvalue weighted by Gasteiger charge is -2.01. The Morgan fingerprint density at radius 1 is 1.10 bits per heavy atom. The summed E-state index contributed by atoms with van der Waals surface area (Å²) in [6.07, 6.45) is 10.8. The SMILES string of the molecule is NC(=CC=Cc1cccnn1)OCC=Cc1ccccc1. The molecule has 0 unspecified atom stereocenters. The predicted octanol–water partition coefficient (Wildman–Crippen LogP) is 3.02. The quantitative estimate of drug-likeness (QED) is 0.652. The Bertz CT molecular complexity index is 619. The maximum atomic E-state index is 5.74. The van der Waals surface area contributed by atoms with Crippen molar-refractivity contribution in [1.82, 2.24) is 10.2 Å². The van der Waals surface area contributed by atoms with Crippen molar-refractivity contribution in [2.75, 3.05) is 6.61 Å². The summed E-state index contributed by atoms with van der Waals surface area (Å²) in [7, 11) is 0. The zero-order valence-corrected chi connectivity index (χ0v) is 11.6. The highest BCUT2D eigenvalue weighted by atomic mass is 16.5. The maximum Gasteiger partial charge on any atom is 0.184 e. The molecule has 2 rings (SSSR count). The third-order valence-corrected chi connectivity index (χ3v) is 2.58. The minimum absolute atomic E-state index is 0.354. The molecule has 0 radical (unpaired) electrons. The van der Waals surface area contributed by atoms with E-state index in [1.54, 1.807) is 18.3 Å². The Hall–Kier alpha value is -2.88. The van der Waals surface area contributed by atoms with Crippen LogP contribution in [0.1, 0.15) is 11.3 Å². The van der Waals surface area contributed by atoms with Crippen molar-refractivity contribution in [1.29, 1.82) is 0 Å². The molecular formula is C17H17N3O. The molecule has 0 spiro atoms. The van der Waals surface area contributed by atoms with Crippen molar-refractivity contribution in [3.8, 4) is 0 Å². The Morgan fingerprint density at radius 3 is 2.71 bits per heavy atom. The molecule has 1 aromatic carbocycles. The van der Waals surface area contributed by atoms with Gasteiger partial charge in [-0.3, -0.25) is 0 Å². The molecule has 0 aliphatic carbocycles. The molecule has 0 amide bonds. The molecule has 0 atom stereocenters. The van der Waals surface area contributed by atoms with Crippen LogP contribution in [-0.4, -0.2) is 16.8 Å². The first-order valence-corrected chi connectivity index (χ1v) is 6.60. The summed E-state index contributed by atoms with van der Waals surface area (Å²) in [4.78, 5) is 0. The molecule has 2 N–H and O–H groups in total. The van der Waals surface area contributed by atoms with E-state index in [0.717, 1.165) is 11.3 Å². The summed E-state index contributed by atoms with van der Waals surface area (Å²) < 4.78 is 5.37. The van der Waals surface area contributed by atoms with Crippen molar-refractivity contribution in [2.24, 2.45) is 5.73 Å². The van der Waals surface area contributed by atoms with Crippen molar-refractivity contribution >= 4 is 12.2 Å². The van der Waals surface area contributed by atoms with Crippen LogP contribution < -0.4 is 5.73 Å². The van der Waals surface area contributed by atoms with Gasteiger partial charge >= 0.3 is 0 Å². The molecule has 2 aromatic rings. The fourth-order valence-electron chi connectivity index (χ4n) is 1.58. The first-order valence-electron chi connectivity index (χ1n) is 6.60. The molecule has 0 aliphatic heterocycles. The molecule has 0 saturated heterocycles. The Morgan fingerprint density at radius 2 is 1.95 bits per heavy atom. The van der Waals surface area contributed by atoms with E-state index < -0.39 is 0 Å². The van der Waals surface area contributed by atoms with Gasteiger partial charge in [-0.15, -0.1) is 0 Å². The number of rotatable bonds is 6. The normalized spacial score (nSPS) is 12.1. The highest BCUT2D eigenvalue weighted by molar-refractivity contribution is 5.48. The van der Waals surface area contributed by atoms with Gasteiger partial charge in [0.25, 0.3) is 0 Å². The van der Waals surface area contributed by atoms with Crippen molar-refractivity contribution in [3.05, 3.63) is 84.0 Å². The fraction of sp³-hybridized carbons (Fsp3) is 0.0588. The van der Waals surface area contributed by atoms with Gasteiger partial charge in [-0.2, -0.15) is 10.2 Å². The number of benzene rings is 1. The second-order valence-corrected chi connectivity index (χ2v) is 4.20. The third kappa shape index (κ3) is 5.74. The average molecular weight is 279 g/mol. The van der Waals surface area contributed by atoms with Crippen molar-refractivity contribution in [2.45, 2.75) is 0 Å². The van der Waals surface area contributed by atoms with E-state index >= 15 is 0 Å². The standard InChI is InChI=1S/C17H17N3O/c18-17(12-4-10-16-11-5-13-19-20-16)21-14-6-9-15-7-2-1-3-8-15/h1-13H,14,18H2. The summed E-state index contributed by atoms with van der Waals surface area (Å²) >= 11 is 0. The summed E-state index contributed by atoms with van der Waals surface area (Å²) in [5.41, 5.74) is 7.63. The molecule has 1 heterocycles. The molecule has 0 aliphatic rings. The number of nitrogens with zero attached hydrogens (tertiary/aromatic N) is 2. The topological polar surface area (TPSA) is 61.0 Å². The van der Waals surface area contributed by atoms with Crippen LogP contribution in [0.4, 0.5) is 0 Å². The molecule has 4 heteroatoms. The number of allylic oxidation sites excluding steroid dienone is 2. The van der Waals surface area contributed by atoms with E-state index in [1.807, 2.05) is 60.7 Å². The predicted molar refractivity (Wildman–Crippen MR) is 84.8 cm³/mol. The number of aromatic nitrogens is 2. The zero-order chi connectivity index (χ0) is 14.8. The molecule has 0 bridgehead atoms. The average Bonchev–Trinajstić information content (AvgIpc) is 2.54. The van der Waals surface area contributed by atoms with Crippen molar-refractivity contribution < 1.29 is 4.74 Å². The van der Waals surface area contributed by atoms with E-state index in [-0.39, 0.29) is 0 Å². The van der Waals surface area contributed by atoms with Crippen LogP contribution >= 0.6 is 0 Å². The number of ether oxygens (including phenoxy) is 1. The Labute approximate surface area is 124 Å². The van der Waals surface area contributed by atoms with Gasteiger partial charge in [-0.1, -0.05) is 42.5 Å². The molecule has 1 aromatic heterocycles. The lowest BCUT2D eigenvalue weighted by atomic mass is 10.2. The van der Waals surface area contributed by atoms with Gasteiger partial charge in [0, 0.05) is 6.20 Å². The number of hydrogen-bond acceptors (Lipinski definition) is 4. The summed E-state index contributed by atoms with van der Waals surface area (Å²) in [6.45, 7) is 0.427. The van der Waals surface area contributed by atoms with E-state index in [2.05, 4.69) is 10.2 Å². The van der Waals surface area contributed by atoms with Crippen LogP contribution in [0.25, 0.3) is 12.2 Å². The van der Waals surface area contributed by atoms with Gasteiger partial charge in [0.2, 0.25) is 0 Å². The second-order valence-electron chi connectivity index (χ2n) is 4.20. The van der Waals surface area contributed by atoms with Crippen LogP contribution in [0, 0.1) is 0 Å². The Kier molecular flexibility index (Phi) is 5.76. The summed E-state index contributed by atoms with van der Waals surface area (Å²) in [5.74, 6) is 0.354. The van der Waals surface area contributed by atoms with Crippen LogP contribution in [0.3, 0.4) is 0 Å². The first-order chi connectivity index (χ1) is 10.3. The van der Waals surface area contributed by atoms with Crippen LogP contribution in [0.15, 0.2) is 72.8 Å². The lowest BCUT2D eigenvalue weighted by molar-refractivity contribution is 0.245. The van der Waals surface area contributed by atoms with Gasteiger partial charge in [0.05, 0.1) is 5.69 Å². The van der Waals surface area contributed by atoms with E-state index in [4.69, 9.17) is 10.5 Å². The monoisotopic (exact) mass is 279 g/mol. The van der Waals surface area contributed by atoms with Gasteiger partial charge in [-0.25, -0.2) is 0 Å². The Balaban J connectivity index is 1.76. The summed E-state index contributed by atoms with van der Waals surface area (Å²) in [5, 5.41) is 7.70. The van der Waals surface area contributed by atoms with E-state index in [9.17, 15) is 0 Å². The van der Waals surface area contributed by atoms with Gasteiger partial charge in [0.15, 0.2) is 5.88 Å². The third-order valence-electron chi connectivity index (χ3n) is 2.58. The largest absolute Gasteiger partial charge is 0.475 e. The minimum atomic E-state index is 0.354. The number of hydrogen-bond donors (Lipinski definition) is 1. The summed E-state index contributed by atoms with van der Waals surface area (Å²) in [6, 6.07) is 13.7. The number of nitrogens with two attached hydrogens (primary N) is 1. The first kappa shape index (κ1) is 14.5. The molecule has 0 saturated carbocycles. The van der Waals surface area contributed by atoms with Crippen LogP contribution in [-0.2, 0) is 4.74 Å². The highest BCUT2D eigenvalue weighted by Crippen LogP contribution is 2.01.